The van der Waals surface area contributed by atoms with Gasteiger partial charge in [0, 0.05) is 71.2 Å². The van der Waals surface area contributed by atoms with Gasteiger partial charge < -0.3 is 18.2 Å². The van der Waals surface area contributed by atoms with E-state index in [0.717, 1.165) is 83.2 Å². The molecule has 0 bridgehead atoms. The molecule has 3 aliphatic carbocycles. The third-order valence-corrected chi connectivity index (χ3v) is 18.4. The summed E-state index contributed by atoms with van der Waals surface area (Å²) in [5.41, 5.74) is 27.3. The van der Waals surface area contributed by atoms with Gasteiger partial charge in [0.1, 0.15) is 33.5 Å². The molecule has 0 N–H and O–H groups in total. The lowest BCUT2D eigenvalue weighted by Crippen LogP contribution is -2.18. The van der Waals surface area contributed by atoms with Crippen molar-refractivity contribution in [3.05, 3.63) is 221 Å². The molecule has 4 nitrogen and oxygen atoms in total. The van der Waals surface area contributed by atoms with Crippen LogP contribution in [0.4, 0.5) is 17.1 Å². The number of hydrogen-bond donors (Lipinski definition) is 0. The van der Waals surface area contributed by atoms with Crippen LogP contribution >= 0.6 is 0 Å². The summed E-state index contributed by atoms with van der Waals surface area (Å²) in [5, 5.41) is 6.92. The van der Waals surface area contributed by atoms with Crippen LogP contribution in [-0.4, -0.2) is 0 Å². The third kappa shape index (κ3) is 5.93. The van der Waals surface area contributed by atoms with Crippen LogP contribution < -0.4 is 4.90 Å². The molecule has 0 spiro atoms. The first-order valence-electron chi connectivity index (χ1n) is 27.3. The standard InChI is InChI=1S/C73H57NO3/c1-70(2,3)41-23-25-42(26-24-41)74(43-27-30-45-52-38-58-53(39-57(52)72(6,7)55(45)35-43)66-54(71(58,4)5)32-33-63-67(66)49-17-11-14-20-61(49)75-63)44-28-31-48-56(36-44)73(8,9)59-37-51(69-68(65(48)59)50-18-12-15-21-62(50)77-69)40-22-29-47-46-16-10-13-19-60(46)76-64(47)34-40/h10-39H,1-9H3. The molecule has 0 saturated carbocycles. The van der Waals surface area contributed by atoms with E-state index in [1.54, 1.807) is 0 Å². The Morgan fingerprint density at radius 2 is 0.844 bits per heavy atom. The average Bonchev–Trinajstić information content (AvgIpc) is 4.28. The SMILES string of the molecule is CC(C)(C)c1ccc(N(c2ccc3c(c2)C(C)(C)c2cc4c(cc2-3)C(C)(C)c2ccc3oc5ccccc5c3c2-4)c2ccc3c(c2)C(C)(C)c2cc(-c4ccc5c(c4)oc4ccccc45)c4oc5ccccc5c4c2-3)cc1. The van der Waals surface area contributed by atoms with Gasteiger partial charge in [-0.3, -0.25) is 0 Å². The highest BCUT2D eigenvalue weighted by molar-refractivity contribution is 6.20. The summed E-state index contributed by atoms with van der Waals surface area (Å²) in [5.74, 6) is 0. The highest BCUT2D eigenvalue weighted by Crippen LogP contribution is 2.60. The van der Waals surface area contributed by atoms with Crippen molar-refractivity contribution in [2.24, 2.45) is 0 Å². The van der Waals surface area contributed by atoms with Crippen LogP contribution in [0.15, 0.2) is 195 Å². The van der Waals surface area contributed by atoms with E-state index >= 15 is 0 Å². The molecule has 0 fully saturated rings. The molecule has 13 aromatic rings. The Morgan fingerprint density at radius 1 is 0.338 bits per heavy atom. The molecular weight excluding hydrogens is 939 g/mol. The lowest BCUT2D eigenvalue weighted by molar-refractivity contribution is 0.590. The number of para-hydroxylation sites is 3. The number of hydrogen-bond acceptors (Lipinski definition) is 4. The minimum Gasteiger partial charge on any atom is -0.456 e. The van der Waals surface area contributed by atoms with Crippen molar-refractivity contribution in [2.45, 2.75) is 84.0 Å². The molecule has 3 aromatic heterocycles. The molecule has 3 heterocycles. The Bertz CT molecular complexity index is 4750. The number of nitrogens with zero attached hydrogens (tertiary/aromatic N) is 1. The zero-order valence-electron chi connectivity index (χ0n) is 45.0. The molecule has 16 rings (SSSR count). The fourth-order valence-corrected chi connectivity index (χ4v) is 14.3. The summed E-state index contributed by atoms with van der Waals surface area (Å²) in [7, 11) is 0. The quantitative estimate of drug-likeness (QED) is 0.176. The van der Waals surface area contributed by atoms with E-state index in [9.17, 15) is 0 Å². The van der Waals surface area contributed by atoms with Crippen LogP contribution in [0.5, 0.6) is 0 Å². The fourth-order valence-electron chi connectivity index (χ4n) is 14.3. The Kier molecular flexibility index (Phi) is 8.62. The Labute approximate surface area is 448 Å². The minimum atomic E-state index is -0.351. The number of benzene rings is 10. The molecule has 0 aliphatic heterocycles. The zero-order chi connectivity index (χ0) is 52.2. The van der Waals surface area contributed by atoms with E-state index in [1.165, 1.54) is 83.1 Å². The summed E-state index contributed by atoms with van der Waals surface area (Å²) >= 11 is 0. The summed E-state index contributed by atoms with van der Waals surface area (Å²) in [6, 6.07) is 67.6. The van der Waals surface area contributed by atoms with Gasteiger partial charge in [0.15, 0.2) is 0 Å². The van der Waals surface area contributed by atoms with Crippen LogP contribution in [0.25, 0.3) is 110 Å². The molecule has 372 valence electrons. The van der Waals surface area contributed by atoms with E-state index in [2.05, 4.69) is 237 Å². The highest BCUT2D eigenvalue weighted by Gasteiger charge is 2.44. The number of anilines is 3. The second-order valence-corrected chi connectivity index (χ2v) is 24.8. The van der Waals surface area contributed by atoms with Crippen molar-refractivity contribution < 1.29 is 13.3 Å². The maximum absolute atomic E-state index is 6.94. The van der Waals surface area contributed by atoms with E-state index in [4.69, 9.17) is 13.3 Å². The molecule has 77 heavy (non-hydrogen) atoms. The van der Waals surface area contributed by atoms with Gasteiger partial charge in [-0.2, -0.15) is 0 Å². The lowest BCUT2D eigenvalue weighted by atomic mass is 9.79. The molecule has 0 unspecified atom stereocenters. The number of furan rings is 3. The van der Waals surface area contributed by atoms with E-state index in [-0.39, 0.29) is 21.7 Å². The van der Waals surface area contributed by atoms with Gasteiger partial charge in [0.05, 0.1) is 0 Å². The van der Waals surface area contributed by atoms with Gasteiger partial charge in [-0.05, 0) is 174 Å². The van der Waals surface area contributed by atoms with Crippen molar-refractivity contribution in [1.82, 2.24) is 0 Å². The van der Waals surface area contributed by atoms with Crippen LogP contribution in [0, 0.1) is 0 Å². The molecule has 10 aromatic carbocycles. The van der Waals surface area contributed by atoms with Crippen molar-refractivity contribution in [1.29, 1.82) is 0 Å². The second-order valence-electron chi connectivity index (χ2n) is 24.8. The maximum Gasteiger partial charge on any atom is 0.143 e. The number of fused-ring (bicyclic) bond motifs is 20. The second kappa shape index (κ2) is 14.9. The molecule has 0 saturated heterocycles. The van der Waals surface area contributed by atoms with Gasteiger partial charge in [0.25, 0.3) is 0 Å². The van der Waals surface area contributed by atoms with E-state index in [1.807, 2.05) is 12.1 Å². The monoisotopic (exact) mass is 995 g/mol. The predicted octanol–water partition coefficient (Wildman–Crippen LogP) is 20.7. The molecule has 4 heteroatoms. The smallest absolute Gasteiger partial charge is 0.143 e. The molecule has 0 atom stereocenters. The van der Waals surface area contributed by atoms with Gasteiger partial charge in [-0.15, -0.1) is 0 Å². The average molecular weight is 996 g/mol. The fraction of sp³-hybridized carbons (Fsp3) is 0.178. The predicted molar refractivity (Wildman–Crippen MR) is 320 cm³/mol. The first kappa shape index (κ1) is 44.7. The lowest BCUT2D eigenvalue weighted by Gasteiger charge is -2.30. The number of rotatable bonds is 4. The normalized spacial score (nSPS) is 15.4. The van der Waals surface area contributed by atoms with Crippen LogP contribution in [0.3, 0.4) is 0 Å². The van der Waals surface area contributed by atoms with E-state index in [0.29, 0.717) is 0 Å². The first-order valence-corrected chi connectivity index (χ1v) is 27.3. The van der Waals surface area contributed by atoms with Crippen molar-refractivity contribution >= 4 is 82.9 Å². The molecular formula is C73H57NO3. The largest absolute Gasteiger partial charge is 0.456 e. The van der Waals surface area contributed by atoms with Crippen molar-refractivity contribution in [3.8, 4) is 44.5 Å². The van der Waals surface area contributed by atoms with Gasteiger partial charge in [0.2, 0.25) is 0 Å². The van der Waals surface area contributed by atoms with Crippen LogP contribution in [-0.2, 0) is 21.7 Å². The first-order chi connectivity index (χ1) is 37.1. The highest BCUT2D eigenvalue weighted by atomic mass is 16.3. The van der Waals surface area contributed by atoms with Crippen molar-refractivity contribution in [3.63, 3.8) is 0 Å². The molecule has 0 radical (unpaired) electrons. The van der Waals surface area contributed by atoms with Crippen molar-refractivity contribution in [2.75, 3.05) is 4.90 Å². The summed E-state index contributed by atoms with van der Waals surface area (Å²) in [6.07, 6.45) is 0. The molecule has 3 aliphatic rings. The molecule has 0 amide bonds. The van der Waals surface area contributed by atoms with Crippen LogP contribution in [0.2, 0.25) is 0 Å². The minimum absolute atomic E-state index is 0.0151. The zero-order valence-corrected chi connectivity index (χ0v) is 45.0. The van der Waals surface area contributed by atoms with Gasteiger partial charge in [-0.1, -0.05) is 153 Å². The summed E-state index contributed by atoms with van der Waals surface area (Å²) < 4.78 is 19.9. The Hall–Kier alpha value is -8.60. The Balaban J connectivity index is 0.856. The van der Waals surface area contributed by atoms with Crippen LogP contribution in [0.1, 0.15) is 101 Å². The topological polar surface area (TPSA) is 42.7 Å². The summed E-state index contributed by atoms with van der Waals surface area (Å²) in [4.78, 5) is 2.49. The third-order valence-electron chi connectivity index (χ3n) is 18.4. The van der Waals surface area contributed by atoms with Gasteiger partial charge >= 0.3 is 0 Å². The maximum atomic E-state index is 6.94. The summed E-state index contributed by atoms with van der Waals surface area (Å²) in [6.45, 7) is 21.3. The Morgan fingerprint density at radius 3 is 1.56 bits per heavy atom. The van der Waals surface area contributed by atoms with Gasteiger partial charge in [-0.25, -0.2) is 0 Å². The van der Waals surface area contributed by atoms with E-state index < -0.39 is 0 Å².